The van der Waals surface area contributed by atoms with Crippen molar-refractivity contribution >= 4 is 44.1 Å². The van der Waals surface area contributed by atoms with Gasteiger partial charge in [0.15, 0.2) is 5.82 Å². The summed E-state index contributed by atoms with van der Waals surface area (Å²) >= 11 is 0. The van der Waals surface area contributed by atoms with E-state index in [4.69, 9.17) is 9.97 Å². The van der Waals surface area contributed by atoms with Gasteiger partial charge in [0, 0.05) is 18.0 Å². The maximum atomic E-state index is 4.75. The van der Waals surface area contributed by atoms with E-state index >= 15 is 0 Å². The maximum absolute atomic E-state index is 4.75. The van der Waals surface area contributed by atoms with Crippen LogP contribution in [0.25, 0.3) is 201 Å². The highest BCUT2D eigenvalue weighted by molar-refractivity contribution is 6.01. The molecule has 0 bridgehead atoms. The van der Waals surface area contributed by atoms with Gasteiger partial charge in [-0.2, -0.15) is 0 Å². The minimum atomic E-state index is 0.660. The molecule has 0 fully saturated rings. The molecule has 21 rings (SSSR count). The van der Waals surface area contributed by atoms with Gasteiger partial charge >= 0.3 is 0 Å². The highest BCUT2D eigenvalue weighted by Gasteiger charge is 2.24. The Morgan fingerprint density at radius 3 is 0.678 bits per heavy atom. The van der Waals surface area contributed by atoms with Crippen LogP contribution in [-0.2, 0) is 28.2 Å². The quantitative estimate of drug-likeness (QED) is 0.0715. The Balaban J connectivity index is 0.770. The Bertz CT molecular complexity index is 6660. The van der Waals surface area contributed by atoms with Crippen molar-refractivity contribution in [2.45, 2.75) is 0 Å². The summed E-state index contributed by atoms with van der Waals surface area (Å²) in [6.45, 7) is 0. The predicted octanol–water partition coefficient (Wildman–Crippen LogP) is 22.8. The standard InChI is InChI=1S/C108H76N10/c1-111-69-115(103-37-17-13-33-99(103)111)85-53-45-73(46-54-85)89-23-5-9-27-93(89)79-63-80(94-28-10-6-24-90(94)74-47-55-86(56-48-74)116-70-112(2)100-34-14-18-38-104(100)116)66-83(65-79)97-31-21-32-98(107(97)77-41-43-78(44-42-77)108-109-61-22-62-110-108)84-67-81(95-29-11-7-25-91(95)75-49-57-87(58-50-75)117-71-113(3)101-35-15-19-39-105(101)117)64-82(68-84)96-30-12-8-26-92(96)76-51-59-88(60-52-76)118-72-114(4)102-36-16-20-40-106(102)118/h5-68H,1-4H3. The molecule has 0 saturated carbocycles. The molecule has 0 aliphatic heterocycles. The van der Waals surface area contributed by atoms with E-state index in [1.54, 1.807) is 0 Å². The molecule has 0 radical (unpaired) electrons. The maximum Gasteiger partial charge on any atom is 0.244 e. The summed E-state index contributed by atoms with van der Waals surface area (Å²) in [5.74, 6) is 0.660. The van der Waals surface area contributed by atoms with E-state index < -0.39 is 0 Å². The fraction of sp³-hybridized carbons (Fsp3) is 0.0370. The molecule has 0 aliphatic rings. The second kappa shape index (κ2) is 29.5. The molecule has 0 atom stereocenters. The Morgan fingerprint density at radius 2 is 0.407 bits per heavy atom. The summed E-state index contributed by atoms with van der Waals surface area (Å²) < 4.78 is 16.8. The second-order valence-electron chi connectivity index (χ2n) is 30.3. The average molecular weight is 1510 g/mol. The Labute approximate surface area is 684 Å². The van der Waals surface area contributed by atoms with Crippen LogP contribution in [0.4, 0.5) is 0 Å². The van der Waals surface area contributed by atoms with Crippen molar-refractivity contribution in [3.05, 3.63) is 414 Å². The highest BCUT2D eigenvalue weighted by Crippen LogP contribution is 2.48. The molecular weight excluding hydrogens is 1440 g/mol. The summed E-state index contributed by atoms with van der Waals surface area (Å²) in [4.78, 5) is 9.49. The van der Waals surface area contributed by atoms with E-state index in [1.807, 2.05) is 18.5 Å². The van der Waals surface area contributed by atoms with Gasteiger partial charge in [-0.05, 0) is 165 Å². The van der Waals surface area contributed by atoms with Crippen molar-refractivity contribution < 1.29 is 18.3 Å². The van der Waals surface area contributed by atoms with Crippen LogP contribution in [0.5, 0.6) is 0 Å². The third-order valence-corrected chi connectivity index (χ3v) is 23.2. The molecule has 558 valence electrons. The van der Waals surface area contributed by atoms with Gasteiger partial charge < -0.3 is 36.5 Å². The van der Waals surface area contributed by atoms with E-state index in [9.17, 15) is 0 Å². The third kappa shape index (κ3) is 12.6. The Morgan fingerprint density at radius 1 is 0.195 bits per heavy atom. The average Bonchev–Trinajstić information content (AvgIpc) is 1.11. The molecule has 5 heterocycles. The smallest absolute Gasteiger partial charge is 0.244 e. The van der Waals surface area contributed by atoms with Gasteiger partial charge in [-0.15, -0.1) is 0 Å². The lowest BCUT2D eigenvalue weighted by Gasteiger charge is -2.21. The first kappa shape index (κ1) is 70.4. The first-order valence-electron chi connectivity index (χ1n) is 39.8. The van der Waals surface area contributed by atoms with Crippen LogP contribution in [0, 0.1) is 25.3 Å². The Kier molecular flexibility index (Phi) is 17.6. The predicted molar refractivity (Wildman–Crippen MR) is 475 cm³/mol. The van der Waals surface area contributed by atoms with Crippen molar-refractivity contribution in [2.75, 3.05) is 0 Å². The second-order valence-corrected chi connectivity index (χ2v) is 30.3. The van der Waals surface area contributed by atoms with Crippen LogP contribution in [0.1, 0.15) is 0 Å². The zero-order valence-corrected chi connectivity index (χ0v) is 65.4. The summed E-state index contributed by atoms with van der Waals surface area (Å²) in [5, 5.41) is 0. The number of aromatic nitrogens is 10. The molecule has 0 amide bonds. The molecule has 21 aromatic rings. The lowest BCUT2D eigenvalue weighted by molar-refractivity contribution is -0.649. The summed E-state index contributed by atoms with van der Waals surface area (Å²) in [6, 6.07) is 137. The third-order valence-electron chi connectivity index (χ3n) is 23.2. The highest BCUT2D eigenvalue weighted by atomic mass is 15.1. The lowest BCUT2D eigenvalue weighted by atomic mass is 9.82. The van der Waals surface area contributed by atoms with Crippen LogP contribution >= 0.6 is 0 Å². The van der Waals surface area contributed by atoms with E-state index in [0.29, 0.717) is 5.82 Å². The van der Waals surface area contributed by atoms with E-state index in [2.05, 4.69) is 460 Å². The van der Waals surface area contributed by atoms with Crippen LogP contribution in [-0.4, -0.2) is 28.2 Å². The fourth-order valence-electron chi connectivity index (χ4n) is 17.4. The number of aryl methyl sites for hydroxylation is 4. The number of fused-ring (bicyclic) bond motifs is 4. The van der Waals surface area contributed by atoms with Gasteiger partial charge in [-0.1, -0.05) is 334 Å². The topological polar surface area (TPSA) is 61.0 Å². The van der Waals surface area contributed by atoms with Crippen molar-refractivity contribution in [3.8, 4) is 157 Å². The SMILES string of the molecule is C[n+]1[c-]n(-c2ccc(-c3ccccc3-c3cc(-c4ccccc4-c4ccc(-n5[c-][n+](C)c6ccccc65)cc4)cc(-c4cccc(-c5cc(-c6ccccc6-c6ccc(-n7[c-][n+](C)c8ccccc87)cc6)cc(-c6ccccc6-c6ccc(-n7[c-][n+](C)c8ccccc87)cc6)c5)c4-c4ccc(-c5ncccn5)cc4)c3)cc2)c2ccccc21. The Hall–Kier alpha value is -15.5. The van der Waals surface area contributed by atoms with Gasteiger partial charge in [0.2, 0.25) is 25.3 Å². The van der Waals surface area contributed by atoms with Gasteiger partial charge in [0.25, 0.3) is 0 Å². The zero-order valence-electron chi connectivity index (χ0n) is 65.4. The van der Waals surface area contributed by atoms with E-state index in [-0.39, 0.29) is 0 Å². The minimum absolute atomic E-state index is 0.660. The molecule has 0 spiro atoms. The molecule has 0 unspecified atom stereocenters. The number of hydrogen-bond donors (Lipinski definition) is 0. The van der Waals surface area contributed by atoms with Gasteiger partial charge in [-0.25, -0.2) is 9.97 Å². The van der Waals surface area contributed by atoms with Gasteiger partial charge in [-0.3, -0.25) is 0 Å². The molecule has 0 aliphatic carbocycles. The van der Waals surface area contributed by atoms with Crippen LogP contribution < -0.4 is 18.3 Å². The molecule has 10 nitrogen and oxygen atoms in total. The number of imidazole rings is 4. The fourth-order valence-corrected chi connectivity index (χ4v) is 17.4. The van der Waals surface area contributed by atoms with Crippen LogP contribution in [0.15, 0.2) is 389 Å². The molecule has 10 heteroatoms. The number of para-hydroxylation sites is 8. The van der Waals surface area contributed by atoms with E-state index in [0.717, 1.165) is 195 Å². The largest absolute Gasteiger partial charge is 0.319 e. The van der Waals surface area contributed by atoms with E-state index in [1.165, 1.54) is 0 Å². The monoisotopic (exact) mass is 1510 g/mol. The van der Waals surface area contributed by atoms with Gasteiger partial charge in [0.1, 0.15) is 0 Å². The normalized spacial score (nSPS) is 11.6. The molecule has 0 N–H and O–H groups in total. The van der Waals surface area contributed by atoms with Crippen molar-refractivity contribution in [2.24, 2.45) is 28.2 Å². The summed E-state index contributed by atoms with van der Waals surface area (Å²) in [6.07, 6.45) is 17.9. The first-order valence-corrected chi connectivity index (χ1v) is 39.8. The van der Waals surface area contributed by atoms with Crippen LogP contribution in [0.2, 0.25) is 0 Å². The molecule has 16 aromatic carbocycles. The molecule has 5 aromatic heterocycles. The molecular formula is C108H76N10. The van der Waals surface area contributed by atoms with Crippen molar-refractivity contribution in [3.63, 3.8) is 0 Å². The van der Waals surface area contributed by atoms with Gasteiger partial charge in [0.05, 0.1) is 95.1 Å². The zero-order chi connectivity index (χ0) is 78.9. The number of nitrogens with zero attached hydrogens (tertiary/aromatic N) is 10. The number of hydrogen-bond acceptors (Lipinski definition) is 2. The summed E-state index contributed by atoms with van der Waals surface area (Å²) in [7, 11) is 8.21. The number of benzene rings is 16. The lowest BCUT2D eigenvalue weighted by Crippen LogP contribution is -2.26. The van der Waals surface area contributed by atoms with Crippen LogP contribution in [0.3, 0.4) is 0 Å². The van der Waals surface area contributed by atoms with Crippen molar-refractivity contribution in [1.29, 1.82) is 0 Å². The first-order chi connectivity index (χ1) is 58.1. The molecule has 0 saturated heterocycles. The number of rotatable bonds is 16. The summed E-state index contributed by atoms with van der Waals surface area (Å²) in [5.41, 5.74) is 37.8. The minimum Gasteiger partial charge on any atom is -0.319 e. The van der Waals surface area contributed by atoms with Crippen molar-refractivity contribution in [1.82, 2.24) is 28.2 Å². The molecule has 118 heavy (non-hydrogen) atoms.